The Kier molecular flexibility index (Phi) is 5.75. The van der Waals surface area contributed by atoms with E-state index < -0.39 is 24.2 Å². The van der Waals surface area contributed by atoms with Gasteiger partial charge in [0.2, 0.25) is 0 Å². The van der Waals surface area contributed by atoms with Crippen molar-refractivity contribution in [2.45, 2.75) is 40.0 Å². The van der Waals surface area contributed by atoms with Crippen LogP contribution in [0.3, 0.4) is 0 Å². The second kappa shape index (κ2) is 7.49. The number of nitrogens with one attached hydrogen (secondary N) is 1. The van der Waals surface area contributed by atoms with Gasteiger partial charge in [-0.3, -0.25) is 4.79 Å². The molecule has 1 N–H and O–H groups in total. The van der Waals surface area contributed by atoms with Crippen LogP contribution in [0.25, 0.3) is 11.1 Å². The van der Waals surface area contributed by atoms with E-state index in [9.17, 15) is 22.8 Å². The summed E-state index contributed by atoms with van der Waals surface area (Å²) < 4.78 is 43.1. The van der Waals surface area contributed by atoms with Crippen LogP contribution >= 0.6 is 11.3 Å². The van der Waals surface area contributed by atoms with Crippen molar-refractivity contribution in [3.8, 4) is 11.1 Å². The van der Waals surface area contributed by atoms with Gasteiger partial charge in [0.05, 0.1) is 6.10 Å². The average Bonchev–Trinajstić information content (AvgIpc) is 2.82. The largest absolute Gasteiger partial charge is 0.471 e. The summed E-state index contributed by atoms with van der Waals surface area (Å²) in [5.41, 5.74) is 2.05. The fourth-order valence-electron chi connectivity index (χ4n) is 2.34. The van der Waals surface area contributed by atoms with Crippen LogP contribution in [0.1, 0.15) is 34.6 Å². The first-order chi connectivity index (χ1) is 12.0. The molecule has 0 radical (unpaired) electrons. The number of hydrogen-bond acceptors (Lipinski definition) is 4. The Hall–Kier alpha value is -2.35. The average molecular weight is 385 g/mol. The molecule has 0 unspecified atom stereocenters. The molecule has 0 spiro atoms. The number of carbonyl (C=O) groups is 2. The number of ether oxygens (including phenoxy) is 1. The van der Waals surface area contributed by atoms with E-state index >= 15 is 0 Å². The Morgan fingerprint density at radius 2 is 1.69 bits per heavy atom. The standard InChI is InChI=1S/C18H18F3NO3S/c1-9(2)25-16(23)14-13(12-7-5-10(3)6-8-12)11(4)26-15(14)22-17(24)18(19,20)21/h5-9H,1-4H3,(H,22,24). The minimum atomic E-state index is -5.05. The zero-order valence-corrected chi connectivity index (χ0v) is 15.5. The fraction of sp³-hybridized carbons (Fsp3) is 0.333. The first kappa shape index (κ1) is 20.0. The van der Waals surface area contributed by atoms with E-state index in [1.807, 2.05) is 19.1 Å². The van der Waals surface area contributed by atoms with Gasteiger partial charge < -0.3 is 10.1 Å². The van der Waals surface area contributed by atoms with Crippen LogP contribution in [0, 0.1) is 13.8 Å². The van der Waals surface area contributed by atoms with Crippen molar-refractivity contribution >= 4 is 28.2 Å². The van der Waals surface area contributed by atoms with E-state index in [0.717, 1.165) is 16.9 Å². The smallest absolute Gasteiger partial charge is 0.459 e. The molecule has 0 aliphatic heterocycles. The second-order valence-electron chi connectivity index (χ2n) is 6.01. The summed E-state index contributed by atoms with van der Waals surface area (Å²) in [4.78, 5) is 24.5. The van der Waals surface area contributed by atoms with Crippen molar-refractivity contribution in [2.24, 2.45) is 0 Å². The number of hydrogen-bond donors (Lipinski definition) is 1. The minimum absolute atomic E-state index is 0.0670. The minimum Gasteiger partial charge on any atom is -0.459 e. The Bertz CT molecular complexity index is 823. The summed E-state index contributed by atoms with van der Waals surface area (Å²) in [6, 6.07) is 7.20. The van der Waals surface area contributed by atoms with Gasteiger partial charge in [0.15, 0.2) is 0 Å². The molecule has 0 aliphatic carbocycles. The number of thiophene rings is 1. The predicted octanol–water partition coefficient (Wildman–Crippen LogP) is 5.10. The van der Waals surface area contributed by atoms with Gasteiger partial charge in [0.25, 0.3) is 0 Å². The van der Waals surface area contributed by atoms with Gasteiger partial charge >= 0.3 is 18.1 Å². The number of amides is 1. The summed E-state index contributed by atoms with van der Waals surface area (Å²) in [6.07, 6.45) is -5.51. The molecule has 2 aromatic rings. The Balaban J connectivity index is 2.58. The van der Waals surface area contributed by atoms with Crippen molar-refractivity contribution in [1.29, 1.82) is 0 Å². The Labute approximate surface area is 153 Å². The zero-order valence-electron chi connectivity index (χ0n) is 14.7. The maximum Gasteiger partial charge on any atom is 0.471 e. The number of carbonyl (C=O) groups excluding carboxylic acids is 2. The lowest BCUT2D eigenvalue weighted by Crippen LogP contribution is -2.30. The highest BCUT2D eigenvalue weighted by atomic mass is 32.1. The lowest BCUT2D eigenvalue weighted by atomic mass is 10.0. The SMILES string of the molecule is Cc1ccc(-c2c(C)sc(NC(=O)C(F)(F)F)c2C(=O)OC(C)C)cc1. The second-order valence-corrected chi connectivity index (χ2v) is 7.23. The summed E-state index contributed by atoms with van der Waals surface area (Å²) in [7, 11) is 0. The Morgan fingerprint density at radius 3 is 2.19 bits per heavy atom. The summed E-state index contributed by atoms with van der Waals surface area (Å²) in [5.74, 6) is -2.91. The molecular formula is C18H18F3NO3S. The molecule has 26 heavy (non-hydrogen) atoms. The quantitative estimate of drug-likeness (QED) is 0.745. The van der Waals surface area contributed by atoms with Crippen molar-refractivity contribution < 1.29 is 27.5 Å². The molecule has 140 valence electrons. The molecular weight excluding hydrogens is 367 g/mol. The van der Waals surface area contributed by atoms with Crippen molar-refractivity contribution in [3.05, 3.63) is 40.3 Å². The molecule has 1 aromatic carbocycles. The first-order valence-electron chi connectivity index (χ1n) is 7.80. The van der Waals surface area contributed by atoms with Crippen LogP contribution in [0.15, 0.2) is 24.3 Å². The number of esters is 1. The lowest BCUT2D eigenvalue weighted by molar-refractivity contribution is -0.167. The maximum atomic E-state index is 12.6. The van der Waals surface area contributed by atoms with Gasteiger partial charge in [-0.05, 0) is 33.3 Å². The molecule has 8 heteroatoms. The van der Waals surface area contributed by atoms with E-state index in [1.165, 1.54) is 0 Å². The Morgan fingerprint density at radius 1 is 1.12 bits per heavy atom. The molecule has 0 atom stereocenters. The molecule has 0 bridgehead atoms. The number of alkyl halides is 3. The normalized spacial score (nSPS) is 11.5. The van der Waals surface area contributed by atoms with Crippen LogP contribution in [0.5, 0.6) is 0 Å². The third-order valence-electron chi connectivity index (χ3n) is 3.46. The van der Waals surface area contributed by atoms with Gasteiger partial charge in [-0.1, -0.05) is 29.8 Å². The molecule has 0 saturated heterocycles. The number of anilines is 1. The van der Waals surface area contributed by atoms with Crippen LogP contribution < -0.4 is 5.32 Å². The van der Waals surface area contributed by atoms with Crippen LogP contribution in [0.2, 0.25) is 0 Å². The van der Waals surface area contributed by atoms with Gasteiger partial charge in [-0.25, -0.2) is 4.79 Å². The molecule has 0 aliphatic rings. The van der Waals surface area contributed by atoms with E-state index in [4.69, 9.17) is 4.74 Å². The first-order valence-corrected chi connectivity index (χ1v) is 8.62. The van der Waals surface area contributed by atoms with E-state index in [2.05, 4.69) is 0 Å². The van der Waals surface area contributed by atoms with Crippen molar-refractivity contribution in [2.75, 3.05) is 5.32 Å². The van der Waals surface area contributed by atoms with E-state index in [0.29, 0.717) is 16.0 Å². The highest BCUT2D eigenvalue weighted by molar-refractivity contribution is 7.17. The molecule has 4 nitrogen and oxygen atoms in total. The van der Waals surface area contributed by atoms with Gasteiger partial charge in [-0.2, -0.15) is 13.2 Å². The van der Waals surface area contributed by atoms with E-state index in [1.54, 1.807) is 38.2 Å². The lowest BCUT2D eigenvalue weighted by Gasteiger charge is -2.12. The van der Waals surface area contributed by atoms with Crippen molar-refractivity contribution in [3.63, 3.8) is 0 Å². The van der Waals surface area contributed by atoms with E-state index in [-0.39, 0.29) is 10.6 Å². The van der Waals surface area contributed by atoms with Gasteiger partial charge in [0.1, 0.15) is 10.6 Å². The molecule has 1 heterocycles. The van der Waals surface area contributed by atoms with Crippen LogP contribution in [-0.4, -0.2) is 24.2 Å². The highest BCUT2D eigenvalue weighted by Gasteiger charge is 2.40. The molecule has 1 aromatic heterocycles. The summed E-state index contributed by atoms with van der Waals surface area (Å²) in [5, 5.41) is 1.63. The molecule has 1 amide bonds. The van der Waals surface area contributed by atoms with Gasteiger partial charge in [0, 0.05) is 10.4 Å². The number of aryl methyl sites for hydroxylation is 2. The molecule has 0 saturated carbocycles. The topological polar surface area (TPSA) is 55.4 Å². The number of benzene rings is 1. The highest BCUT2D eigenvalue weighted by Crippen LogP contribution is 2.41. The molecule has 2 rings (SSSR count). The number of rotatable bonds is 4. The van der Waals surface area contributed by atoms with Crippen LogP contribution in [0.4, 0.5) is 18.2 Å². The van der Waals surface area contributed by atoms with Crippen molar-refractivity contribution in [1.82, 2.24) is 0 Å². The molecule has 0 fully saturated rings. The summed E-state index contributed by atoms with van der Waals surface area (Å²) >= 11 is 0.907. The third kappa shape index (κ3) is 4.43. The van der Waals surface area contributed by atoms with Crippen LogP contribution in [-0.2, 0) is 9.53 Å². The monoisotopic (exact) mass is 385 g/mol. The van der Waals surface area contributed by atoms with Gasteiger partial charge in [-0.15, -0.1) is 11.3 Å². The maximum absolute atomic E-state index is 12.6. The predicted molar refractivity (Wildman–Crippen MR) is 94.5 cm³/mol. The number of halogens is 3. The third-order valence-corrected chi connectivity index (χ3v) is 4.48. The fourth-order valence-corrected chi connectivity index (χ4v) is 3.40. The summed E-state index contributed by atoms with van der Waals surface area (Å²) in [6.45, 7) is 6.84. The zero-order chi connectivity index (χ0) is 19.6.